The topological polar surface area (TPSA) is 12.9 Å². The molecule has 0 spiro atoms. The second kappa shape index (κ2) is 9.16. The first kappa shape index (κ1) is 22.5. The van der Waals surface area contributed by atoms with E-state index in [1.165, 1.54) is 15.9 Å². The molecule has 0 unspecified atom stereocenters. The van der Waals surface area contributed by atoms with Crippen molar-refractivity contribution in [2.75, 3.05) is 0 Å². The Morgan fingerprint density at radius 3 is 1.58 bits per heavy atom. The van der Waals surface area contributed by atoms with Gasteiger partial charge in [-0.15, -0.1) is 0 Å². The van der Waals surface area contributed by atoms with E-state index in [4.69, 9.17) is 16.6 Å². The molecule has 0 aliphatic heterocycles. The third-order valence-corrected chi connectivity index (χ3v) is 16.8. The first-order valence-corrected chi connectivity index (χ1v) is 16.4. The molecule has 0 atom stereocenters. The normalized spacial score (nSPS) is 12.7. The van der Waals surface area contributed by atoms with Gasteiger partial charge in [0.1, 0.15) is 0 Å². The van der Waals surface area contributed by atoms with E-state index in [0.29, 0.717) is 0 Å². The molecule has 0 bridgehead atoms. The summed E-state index contributed by atoms with van der Waals surface area (Å²) in [4.78, 5) is 5.09. The van der Waals surface area contributed by atoms with Crippen LogP contribution < -0.4 is 15.9 Å². The van der Waals surface area contributed by atoms with Crippen LogP contribution in [0.3, 0.4) is 0 Å². The van der Waals surface area contributed by atoms with Crippen molar-refractivity contribution in [2.45, 2.75) is 6.16 Å². The zero-order valence-electron chi connectivity index (χ0n) is 17.8. The Balaban J connectivity index is 1.72. The van der Waals surface area contributed by atoms with Gasteiger partial charge in [0.05, 0.1) is 0 Å². The van der Waals surface area contributed by atoms with Crippen molar-refractivity contribution in [3.05, 3.63) is 131 Å². The summed E-state index contributed by atoms with van der Waals surface area (Å²) >= 11 is 12.3. The summed E-state index contributed by atoms with van der Waals surface area (Å²) in [5.74, 6) is 0. The molecule has 0 N–H and O–H groups in total. The molecule has 0 radical (unpaired) electrons. The van der Waals surface area contributed by atoms with Crippen molar-refractivity contribution >= 4 is 59.6 Å². The predicted molar refractivity (Wildman–Crippen MR) is 150 cm³/mol. The number of rotatable bonds is 6. The SMILES string of the molecule is Clc1ccc(-c2csc(CP(Br)(c3ccccc3)(c3ccccc3)c3ccccc3)n2)cc1. The monoisotopic (exact) mass is 549 g/mol. The molecule has 0 saturated heterocycles. The van der Waals surface area contributed by atoms with Crippen LogP contribution >= 0.6 is 43.7 Å². The number of aromatic nitrogens is 1. The Labute approximate surface area is 211 Å². The molecule has 1 aromatic heterocycles. The second-order valence-corrected chi connectivity index (χ2v) is 18.3. The number of thiazole rings is 1. The van der Waals surface area contributed by atoms with Crippen LogP contribution in [0, 0.1) is 0 Å². The van der Waals surface area contributed by atoms with Gasteiger partial charge >= 0.3 is 213 Å². The Bertz CT molecular complexity index is 1260. The van der Waals surface area contributed by atoms with Crippen LogP contribution in [0.5, 0.6) is 0 Å². The van der Waals surface area contributed by atoms with Crippen LogP contribution in [0.4, 0.5) is 0 Å². The summed E-state index contributed by atoms with van der Waals surface area (Å²) in [6.07, 6.45) is 0.794. The summed E-state index contributed by atoms with van der Waals surface area (Å²) < 4.78 is 0. The maximum absolute atomic E-state index is 6.09. The Morgan fingerprint density at radius 1 is 0.667 bits per heavy atom. The molecule has 0 saturated carbocycles. The number of halogens is 2. The van der Waals surface area contributed by atoms with Gasteiger partial charge in [0.15, 0.2) is 0 Å². The van der Waals surface area contributed by atoms with E-state index in [9.17, 15) is 0 Å². The number of nitrogens with zero attached hydrogens (tertiary/aromatic N) is 1. The summed E-state index contributed by atoms with van der Waals surface area (Å²) in [5.41, 5.74) is 2.06. The van der Waals surface area contributed by atoms with Gasteiger partial charge in [0.2, 0.25) is 0 Å². The molecule has 5 rings (SSSR count). The van der Waals surface area contributed by atoms with Crippen molar-refractivity contribution in [2.24, 2.45) is 0 Å². The van der Waals surface area contributed by atoms with Gasteiger partial charge in [-0.1, -0.05) is 0 Å². The fourth-order valence-corrected chi connectivity index (χ4v) is 13.9. The van der Waals surface area contributed by atoms with Crippen LogP contribution in [-0.2, 0) is 6.16 Å². The molecule has 0 fully saturated rings. The van der Waals surface area contributed by atoms with Gasteiger partial charge < -0.3 is 0 Å². The van der Waals surface area contributed by atoms with Gasteiger partial charge in [-0.3, -0.25) is 0 Å². The summed E-state index contributed by atoms with van der Waals surface area (Å²) in [6, 6.07) is 40.4. The van der Waals surface area contributed by atoms with Crippen molar-refractivity contribution in [1.29, 1.82) is 0 Å². The Kier molecular flexibility index (Phi) is 6.24. The summed E-state index contributed by atoms with van der Waals surface area (Å²) in [7, 11) is 0. The van der Waals surface area contributed by atoms with Crippen LogP contribution in [0.15, 0.2) is 121 Å². The molecular weight excluding hydrogens is 529 g/mol. The maximum atomic E-state index is 6.09. The fourth-order valence-electron chi connectivity index (χ4n) is 4.33. The van der Waals surface area contributed by atoms with E-state index in [-0.39, 0.29) is 0 Å². The van der Waals surface area contributed by atoms with Crippen LogP contribution in [0.25, 0.3) is 11.3 Å². The third kappa shape index (κ3) is 4.09. The second-order valence-electron chi connectivity index (χ2n) is 7.98. The zero-order chi connectivity index (χ0) is 22.8. The first-order chi connectivity index (χ1) is 16.1. The number of benzene rings is 4. The third-order valence-electron chi connectivity index (χ3n) is 6.01. The molecular formula is C28H22BrClNPS. The predicted octanol–water partition coefficient (Wildman–Crippen LogP) is 7.80. The summed E-state index contributed by atoms with van der Waals surface area (Å²) in [6.45, 7) is 0. The molecule has 5 aromatic rings. The molecule has 33 heavy (non-hydrogen) atoms. The average molecular weight is 551 g/mol. The molecule has 0 amide bonds. The standard InChI is InChI=1S/C28H22BrClNPS/c29-32(24-10-4-1-5-11-24,25-12-6-2-7-13-25,26-14-8-3-9-15-26)20-28-31-27(21-33-28)22-16-18-23(30)19-17-22/h1-19,21H,20H2. The van der Waals surface area contributed by atoms with E-state index in [0.717, 1.165) is 27.4 Å². The molecule has 164 valence electrons. The van der Waals surface area contributed by atoms with Gasteiger partial charge in [-0.2, -0.15) is 0 Å². The van der Waals surface area contributed by atoms with E-state index >= 15 is 0 Å². The van der Waals surface area contributed by atoms with Crippen molar-refractivity contribution < 1.29 is 0 Å². The van der Waals surface area contributed by atoms with E-state index < -0.39 is 5.31 Å². The zero-order valence-corrected chi connectivity index (χ0v) is 21.9. The molecule has 4 aromatic carbocycles. The van der Waals surface area contributed by atoms with E-state index in [2.05, 4.69) is 112 Å². The van der Waals surface area contributed by atoms with E-state index in [1.807, 2.05) is 24.3 Å². The van der Waals surface area contributed by atoms with Crippen molar-refractivity contribution in [3.63, 3.8) is 0 Å². The van der Waals surface area contributed by atoms with E-state index in [1.54, 1.807) is 11.3 Å². The Hall–Kier alpha value is -2.29. The first-order valence-electron chi connectivity index (χ1n) is 10.7. The quantitative estimate of drug-likeness (QED) is 0.197. The van der Waals surface area contributed by atoms with Gasteiger partial charge in [-0.25, -0.2) is 0 Å². The molecule has 0 aliphatic carbocycles. The molecule has 1 nitrogen and oxygen atoms in total. The minimum atomic E-state index is -3.04. The molecule has 1 heterocycles. The molecule has 0 aliphatic rings. The Morgan fingerprint density at radius 2 is 1.12 bits per heavy atom. The van der Waals surface area contributed by atoms with Crippen LogP contribution in [0.1, 0.15) is 5.01 Å². The number of hydrogen-bond acceptors (Lipinski definition) is 2. The van der Waals surface area contributed by atoms with Gasteiger partial charge in [0.25, 0.3) is 0 Å². The van der Waals surface area contributed by atoms with Crippen LogP contribution in [0.2, 0.25) is 5.02 Å². The van der Waals surface area contributed by atoms with Crippen molar-refractivity contribution in [3.8, 4) is 11.3 Å². The summed E-state index contributed by atoms with van der Waals surface area (Å²) in [5, 5.41) is 4.83. The van der Waals surface area contributed by atoms with Crippen molar-refractivity contribution in [1.82, 2.24) is 4.98 Å². The van der Waals surface area contributed by atoms with Gasteiger partial charge in [0, 0.05) is 0 Å². The van der Waals surface area contributed by atoms with Crippen LogP contribution in [-0.4, -0.2) is 4.98 Å². The fraction of sp³-hybridized carbons (Fsp3) is 0.0357. The number of hydrogen-bond donors (Lipinski definition) is 0. The molecule has 5 heteroatoms. The minimum absolute atomic E-state index is 0.733. The average Bonchev–Trinajstić information content (AvgIpc) is 3.34. The van der Waals surface area contributed by atoms with Gasteiger partial charge in [-0.05, 0) is 0 Å².